The minimum absolute atomic E-state index is 0.0164. The van der Waals surface area contributed by atoms with Crippen molar-refractivity contribution in [3.05, 3.63) is 36.1 Å². The van der Waals surface area contributed by atoms with Crippen LogP contribution in [0.25, 0.3) is 0 Å². The van der Waals surface area contributed by atoms with E-state index in [9.17, 15) is 19.8 Å². The maximum Gasteiger partial charge on any atom is 0.248 e. The van der Waals surface area contributed by atoms with Gasteiger partial charge in [-0.25, -0.2) is 0 Å². The van der Waals surface area contributed by atoms with Crippen molar-refractivity contribution < 1.29 is 24.5 Å². The molecule has 4 atom stereocenters. The van der Waals surface area contributed by atoms with Crippen LogP contribution in [-0.4, -0.2) is 45.9 Å². The van der Waals surface area contributed by atoms with Gasteiger partial charge in [-0.05, 0) is 24.8 Å². The van der Waals surface area contributed by atoms with Crippen molar-refractivity contribution in [1.82, 2.24) is 5.32 Å². The van der Waals surface area contributed by atoms with E-state index in [1.54, 1.807) is 12.2 Å². The summed E-state index contributed by atoms with van der Waals surface area (Å²) in [6, 6.07) is 0. The number of aliphatic hydroxyl groups excluding tert-OH is 1. The first-order valence-electron chi connectivity index (χ1n) is 8.44. The summed E-state index contributed by atoms with van der Waals surface area (Å²) in [4.78, 5) is 22.9. The van der Waals surface area contributed by atoms with Gasteiger partial charge in [-0.2, -0.15) is 0 Å². The Kier molecular flexibility index (Phi) is 6.16. The number of epoxide rings is 1. The van der Waals surface area contributed by atoms with Gasteiger partial charge in [-0.15, -0.1) is 0 Å². The number of allylic oxidation sites excluding steroid dienone is 3. The summed E-state index contributed by atoms with van der Waals surface area (Å²) in [7, 11) is 0. The SMILES string of the molecule is CC(C)C/C=C/C=C/C(=O)NC1=C[C@@](O)(CCC(N)=O)[C@H]2O[C@H]2[C@@H]1O. The number of fused-ring (bicyclic) bond motifs is 1. The highest BCUT2D eigenvalue weighted by molar-refractivity contribution is 5.89. The quantitative estimate of drug-likeness (QED) is 0.284. The fourth-order valence-electron chi connectivity index (χ4n) is 2.78. The molecule has 0 saturated carbocycles. The number of amides is 2. The highest BCUT2D eigenvalue weighted by Gasteiger charge is 2.60. The molecule has 7 heteroatoms. The zero-order valence-corrected chi connectivity index (χ0v) is 14.5. The molecule has 0 aromatic heterocycles. The van der Waals surface area contributed by atoms with Crippen LogP contribution >= 0.6 is 0 Å². The minimum Gasteiger partial charge on any atom is -0.384 e. The van der Waals surface area contributed by atoms with E-state index in [1.807, 2.05) is 6.08 Å². The molecule has 25 heavy (non-hydrogen) atoms. The van der Waals surface area contributed by atoms with Crippen LogP contribution in [0.3, 0.4) is 0 Å². The Labute approximate surface area is 147 Å². The van der Waals surface area contributed by atoms with Gasteiger partial charge < -0.3 is 26.0 Å². The van der Waals surface area contributed by atoms with Crippen LogP contribution in [0.15, 0.2) is 36.1 Å². The number of carbonyl (C=O) groups is 2. The van der Waals surface area contributed by atoms with Crippen molar-refractivity contribution >= 4 is 11.8 Å². The monoisotopic (exact) mass is 350 g/mol. The Bertz CT molecular complexity index is 611. The van der Waals surface area contributed by atoms with E-state index in [4.69, 9.17) is 10.5 Å². The second-order valence-corrected chi connectivity index (χ2v) is 6.93. The number of carbonyl (C=O) groups excluding carboxylic acids is 2. The largest absolute Gasteiger partial charge is 0.384 e. The average Bonchev–Trinajstić information content (AvgIpc) is 3.32. The Hall–Kier alpha value is -1.96. The van der Waals surface area contributed by atoms with E-state index in [0.29, 0.717) is 5.92 Å². The normalized spacial score (nSPS) is 31.2. The molecule has 0 aromatic carbocycles. The first-order valence-corrected chi connectivity index (χ1v) is 8.44. The van der Waals surface area contributed by atoms with Crippen molar-refractivity contribution in [2.75, 3.05) is 0 Å². The fraction of sp³-hybridized carbons (Fsp3) is 0.556. The number of nitrogens with one attached hydrogen (secondary N) is 1. The van der Waals surface area contributed by atoms with Crippen LogP contribution in [0.5, 0.6) is 0 Å². The lowest BCUT2D eigenvalue weighted by Crippen LogP contribution is -2.46. The van der Waals surface area contributed by atoms with Gasteiger partial charge in [0.15, 0.2) is 0 Å². The third-order valence-corrected chi connectivity index (χ3v) is 4.20. The predicted octanol–water partition coefficient (Wildman–Crippen LogP) is 0.284. The van der Waals surface area contributed by atoms with Gasteiger partial charge >= 0.3 is 0 Å². The molecule has 1 aliphatic heterocycles. The summed E-state index contributed by atoms with van der Waals surface area (Å²) in [6.07, 6.45) is 6.84. The minimum atomic E-state index is -1.43. The molecule has 138 valence electrons. The summed E-state index contributed by atoms with van der Waals surface area (Å²) < 4.78 is 5.30. The fourth-order valence-corrected chi connectivity index (χ4v) is 2.78. The summed E-state index contributed by atoms with van der Waals surface area (Å²) in [5, 5.41) is 23.4. The van der Waals surface area contributed by atoms with Crippen LogP contribution in [0, 0.1) is 5.92 Å². The highest BCUT2D eigenvalue weighted by Crippen LogP contribution is 2.44. The van der Waals surface area contributed by atoms with Gasteiger partial charge in [0.25, 0.3) is 0 Å². The third-order valence-electron chi connectivity index (χ3n) is 4.20. The molecule has 2 rings (SSSR count). The van der Waals surface area contributed by atoms with Gasteiger partial charge in [0.05, 0.1) is 0 Å². The molecule has 1 aliphatic carbocycles. The summed E-state index contributed by atoms with van der Waals surface area (Å²) >= 11 is 0. The molecule has 0 unspecified atom stereocenters. The van der Waals surface area contributed by atoms with Crippen molar-refractivity contribution in [3.8, 4) is 0 Å². The topological polar surface area (TPSA) is 125 Å². The van der Waals surface area contributed by atoms with Crippen LogP contribution in [-0.2, 0) is 14.3 Å². The smallest absolute Gasteiger partial charge is 0.248 e. The Morgan fingerprint density at radius 1 is 1.44 bits per heavy atom. The molecule has 0 radical (unpaired) electrons. The van der Waals surface area contributed by atoms with Gasteiger partial charge in [0.2, 0.25) is 11.8 Å². The zero-order valence-electron chi connectivity index (χ0n) is 14.5. The molecule has 5 N–H and O–H groups in total. The van der Waals surface area contributed by atoms with E-state index in [2.05, 4.69) is 19.2 Å². The molecule has 1 saturated heterocycles. The molecule has 2 amide bonds. The van der Waals surface area contributed by atoms with Crippen LogP contribution in [0.2, 0.25) is 0 Å². The van der Waals surface area contributed by atoms with E-state index < -0.39 is 35.7 Å². The number of hydrogen-bond donors (Lipinski definition) is 4. The molecule has 0 bridgehead atoms. The lowest BCUT2D eigenvalue weighted by molar-refractivity contribution is -0.119. The van der Waals surface area contributed by atoms with E-state index in [1.165, 1.54) is 12.2 Å². The van der Waals surface area contributed by atoms with Crippen molar-refractivity contribution in [2.24, 2.45) is 11.7 Å². The number of primary amides is 1. The Morgan fingerprint density at radius 3 is 2.80 bits per heavy atom. The van der Waals surface area contributed by atoms with Crippen molar-refractivity contribution in [2.45, 2.75) is 57.0 Å². The van der Waals surface area contributed by atoms with E-state index in [-0.39, 0.29) is 18.5 Å². The summed E-state index contributed by atoms with van der Waals surface area (Å²) in [6.45, 7) is 4.20. The second kappa shape index (κ2) is 7.95. The van der Waals surface area contributed by atoms with Crippen LogP contribution in [0.4, 0.5) is 0 Å². The first-order chi connectivity index (χ1) is 11.7. The third kappa shape index (κ3) is 5.26. The molecule has 2 aliphatic rings. The molecule has 7 nitrogen and oxygen atoms in total. The van der Waals surface area contributed by atoms with E-state index in [0.717, 1.165) is 6.42 Å². The van der Waals surface area contributed by atoms with E-state index >= 15 is 0 Å². The van der Waals surface area contributed by atoms with Crippen LogP contribution in [0.1, 0.15) is 33.1 Å². The molecule has 0 spiro atoms. The average molecular weight is 350 g/mol. The first kappa shape index (κ1) is 19.4. The van der Waals surface area contributed by atoms with Gasteiger partial charge in [0, 0.05) is 18.2 Å². The van der Waals surface area contributed by atoms with Gasteiger partial charge in [0.1, 0.15) is 23.9 Å². The number of ether oxygens (including phenoxy) is 1. The number of aliphatic hydroxyl groups is 2. The van der Waals surface area contributed by atoms with Crippen molar-refractivity contribution in [3.63, 3.8) is 0 Å². The highest BCUT2D eigenvalue weighted by atomic mass is 16.6. The molecule has 1 heterocycles. The standard InChI is InChI=1S/C18H26N2O5/c1-11(2)6-4-3-5-7-14(22)20-12-10-18(24,9-8-13(19)21)17-16(25-17)15(12)23/h3-5,7,10-11,15-17,23-24H,6,8-9H2,1-2H3,(H2,19,21)(H,20,22)/b4-3+,7-5+/t15-,16+,17+,18+/m1/s1. The Balaban J connectivity index is 1.98. The number of rotatable bonds is 8. The predicted molar refractivity (Wildman–Crippen MR) is 92.0 cm³/mol. The van der Waals surface area contributed by atoms with Gasteiger partial charge in [-0.3, -0.25) is 9.59 Å². The maximum absolute atomic E-state index is 12.0. The van der Waals surface area contributed by atoms with Gasteiger partial charge in [-0.1, -0.05) is 32.1 Å². The molecular formula is C18H26N2O5. The zero-order chi connectivity index (χ0) is 18.6. The summed E-state index contributed by atoms with van der Waals surface area (Å²) in [5.41, 5.74) is 3.87. The Morgan fingerprint density at radius 2 is 2.16 bits per heavy atom. The number of hydrogen-bond acceptors (Lipinski definition) is 5. The maximum atomic E-state index is 12.0. The molecular weight excluding hydrogens is 324 g/mol. The van der Waals surface area contributed by atoms with Crippen LogP contribution < -0.4 is 11.1 Å². The van der Waals surface area contributed by atoms with Crippen molar-refractivity contribution in [1.29, 1.82) is 0 Å². The molecule has 0 aromatic rings. The lowest BCUT2D eigenvalue weighted by atomic mass is 9.84. The summed E-state index contributed by atoms with van der Waals surface area (Å²) in [5.74, 6) is -0.409. The molecule has 1 fully saturated rings. The lowest BCUT2D eigenvalue weighted by Gasteiger charge is -2.29. The number of nitrogens with two attached hydrogens (primary N) is 1. The second-order valence-electron chi connectivity index (χ2n) is 6.93.